The lowest BCUT2D eigenvalue weighted by molar-refractivity contribution is 0.977. The molecule has 0 N–H and O–H groups in total. The van der Waals surface area contributed by atoms with Gasteiger partial charge in [-0.15, -0.1) is 13.2 Å². The number of rotatable bonds is 10. The van der Waals surface area contributed by atoms with Crippen LogP contribution in [-0.2, 0) is 12.8 Å². The highest BCUT2D eigenvalue weighted by molar-refractivity contribution is 8.00. The number of thioether (sulfide) groups is 2. The molecule has 2 heterocycles. The fourth-order valence-electron chi connectivity index (χ4n) is 2.84. The van der Waals surface area contributed by atoms with Crippen molar-refractivity contribution < 1.29 is 0 Å². The van der Waals surface area contributed by atoms with Crippen LogP contribution in [0.2, 0.25) is 0 Å². The zero-order valence-electron chi connectivity index (χ0n) is 15.8. The van der Waals surface area contributed by atoms with Crippen molar-refractivity contribution in [3.05, 3.63) is 109 Å². The highest BCUT2D eigenvalue weighted by Crippen LogP contribution is 2.27. The molecule has 0 aliphatic heterocycles. The van der Waals surface area contributed by atoms with Crippen molar-refractivity contribution in [2.24, 2.45) is 0 Å². The van der Waals surface area contributed by atoms with Gasteiger partial charge < -0.3 is 0 Å². The van der Waals surface area contributed by atoms with Gasteiger partial charge in [-0.3, -0.25) is 0 Å². The van der Waals surface area contributed by atoms with Crippen LogP contribution in [0.25, 0.3) is 0 Å². The SMILES string of the molecule is C=CC(Cc1cccc(CC(C=C)Sc2ccccn2)c1)Sc1ccccn1. The molecular weight excluding hydrogens is 380 g/mol. The van der Waals surface area contributed by atoms with Crippen LogP contribution in [0.3, 0.4) is 0 Å². The van der Waals surface area contributed by atoms with Crippen molar-refractivity contribution in [2.45, 2.75) is 33.4 Å². The second-order valence-corrected chi connectivity index (χ2v) is 8.87. The molecule has 0 fully saturated rings. The van der Waals surface area contributed by atoms with E-state index in [2.05, 4.69) is 47.4 Å². The van der Waals surface area contributed by atoms with Gasteiger partial charge >= 0.3 is 0 Å². The molecule has 142 valence electrons. The van der Waals surface area contributed by atoms with Crippen LogP contribution in [0.1, 0.15) is 11.1 Å². The van der Waals surface area contributed by atoms with E-state index >= 15 is 0 Å². The number of hydrogen-bond acceptors (Lipinski definition) is 4. The maximum atomic E-state index is 4.41. The molecule has 1 aromatic carbocycles. The Morgan fingerprint density at radius 1 is 0.714 bits per heavy atom. The van der Waals surface area contributed by atoms with Crippen molar-refractivity contribution in [3.63, 3.8) is 0 Å². The minimum absolute atomic E-state index is 0.295. The van der Waals surface area contributed by atoms with Crippen molar-refractivity contribution in [1.29, 1.82) is 0 Å². The number of benzene rings is 1. The molecular formula is C24H24N2S2. The summed E-state index contributed by atoms with van der Waals surface area (Å²) in [6.07, 6.45) is 9.55. The standard InChI is InChI=1S/C24H24N2S2/c1-3-21(27-23-12-5-7-14-25-23)17-19-10-9-11-20(16-19)18-22(4-2)28-24-13-6-8-15-26-24/h3-16,21-22H,1-2,17-18H2. The minimum atomic E-state index is 0.295. The Balaban J connectivity index is 1.63. The predicted molar refractivity (Wildman–Crippen MR) is 122 cm³/mol. The zero-order chi connectivity index (χ0) is 19.6. The van der Waals surface area contributed by atoms with Crippen LogP contribution in [-0.4, -0.2) is 20.5 Å². The monoisotopic (exact) mass is 404 g/mol. The lowest BCUT2D eigenvalue weighted by atomic mass is 10.0. The molecule has 2 atom stereocenters. The Labute approximate surface area is 176 Å². The molecule has 0 saturated heterocycles. The number of aromatic nitrogens is 2. The number of hydrogen-bond donors (Lipinski definition) is 0. The molecule has 0 saturated carbocycles. The average molecular weight is 405 g/mol. The van der Waals surface area contributed by atoms with Crippen molar-refractivity contribution in [3.8, 4) is 0 Å². The van der Waals surface area contributed by atoms with Gasteiger partial charge in [0.2, 0.25) is 0 Å². The van der Waals surface area contributed by atoms with Crippen molar-refractivity contribution in [1.82, 2.24) is 9.97 Å². The Hall–Kier alpha value is -2.30. The van der Waals surface area contributed by atoms with Crippen LogP contribution in [0.5, 0.6) is 0 Å². The average Bonchev–Trinajstić information content (AvgIpc) is 2.74. The predicted octanol–water partition coefficient (Wildman–Crippen LogP) is 6.26. The fourth-order valence-corrected chi connectivity index (χ4v) is 4.76. The van der Waals surface area contributed by atoms with E-state index in [-0.39, 0.29) is 0 Å². The molecule has 3 rings (SSSR count). The van der Waals surface area contributed by atoms with Gasteiger partial charge in [-0.25, -0.2) is 9.97 Å². The van der Waals surface area contributed by atoms with Gasteiger partial charge in [0.25, 0.3) is 0 Å². The molecule has 2 nitrogen and oxygen atoms in total. The lowest BCUT2D eigenvalue weighted by Gasteiger charge is -2.15. The summed E-state index contributed by atoms with van der Waals surface area (Å²) >= 11 is 3.50. The molecule has 28 heavy (non-hydrogen) atoms. The zero-order valence-corrected chi connectivity index (χ0v) is 17.4. The molecule has 0 amide bonds. The molecule has 0 spiro atoms. The van der Waals surface area contributed by atoms with Gasteiger partial charge in [0.05, 0.1) is 10.1 Å². The first-order valence-electron chi connectivity index (χ1n) is 9.25. The summed E-state index contributed by atoms with van der Waals surface area (Å²) in [5, 5.41) is 2.65. The summed E-state index contributed by atoms with van der Waals surface area (Å²) in [6.45, 7) is 8.02. The van der Waals surface area contributed by atoms with E-state index in [1.165, 1.54) is 11.1 Å². The smallest absolute Gasteiger partial charge is 0.0965 e. The Morgan fingerprint density at radius 2 is 1.21 bits per heavy atom. The van der Waals surface area contributed by atoms with E-state index in [1.54, 1.807) is 23.5 Å². The molecule has 0 aliphatic rings. The first-order valence-corrected chi connectivity index (χ1v) is 11.0. The summed E-state index contributed by atoms with van der Waals surface area (Å²) in [6, 6.07) is 20.8. The van der Waals surface area contributed by atoms with Gasteiger partial charge in [0.1, 0.15) is 0 Å². The first-order chi connectivity index (χ1) is 13.8. The van der Waals surface area contributed by atoms with E-state index in [0.717, 1.165) is 22.9 Å². The largest absolute Gasteiger partial charge is 0.250 e. The fraction of sp³-hybridized carbons (Fsp3) is 0.167. The van der Waals surface area contributed by atoms with Gasteiger partial charge in [-0.2, -0.15) is 0 Å². The quantitative estimate of drug-likeness (QED) is 0.294. The highest BCUT2D eigenvalue weighted by atomic mass is 32.2. The highest BCUT2D eigenvalue weighted by Gasteiger charge is 2.12. The minimum Gasteiger partial charge on any atom is -0.250 e. The van der Waals surface area contributed by atoms with Crippen LogP contribution in [0, 0.1) is 0 Å². The van der Waals surface area contributed by atoms with E-state index in [4.69, 9.17) is 0 Å². The van der Waals surface area contributed by atoms with Gasteiger partial charge in [0.15, 0.2) is 0 Å². The third kappa shape index (κ3) is 6.39. The molecule has 0 radical (unpaired) electrons. The van der Waals surface area contributed by atoms with E-state index in [0.29, 0.717) is 10.5 Å². The van der Waals surface area contributed by atoms with Gasteiger partial charge in [-0.1, -0.05) is 72.1 Å². The second-order valence-electron chi connectivity index (χ2n) is 6.35. The third-order valence-electron chi connectivity index (χ3n) is 4.21. The van der Waals surface area contributed by atoms with E-state index in [1.807, 2.05) is 60.9 Å². The topological polar surface area (TPSA) is 25.8 Å². The summed E-state index contributed by atoms with van der Waals surface area (Å²) in [5.41, 5.74) is 2.63. The molecule has 3 aromatic rings. The van der Waals surface area contributed by atoms with Gasteiger partial charge in [0, 0.05) is 22.9 Å². The molecule has 2 aromatic heterocycles. The molecule has 0 aliphatic carbocycles. The molecule has 0 bridgehead atoms. The van der Waals surface area contributed by atoms with Crippen molar-refractivity contribution in [2.75, 3.05) is 0 Å². The lowest BCUT2D eigenvalue weighted by Crippen LogP contribution is -2.06. The normalized spacial score (nSPS) is 12.9. The summed E-state index contributed by atoms with van der Waals surface area (Å²) in [5.74, 6) is 0. The van der Waals surface area contributed by atoms with Crippen LogP contribution in [0.4, 0.5) is 0 Å². The third-order valence-corrected chi connectivity index (χ3v) is 6.50. The Bertz CT molecular complexity index is 811. The molecule has 4 heteroatoms. The van der Waals surface area contributed by atoms with Crippen LogP contribution < -0.4 is 0 Å². The molecule has 2 unspecified atom stereocenters. The number of nitrogens with zero attached hydrogens (tertiary/aromatic N) is 2. The Kier molecular flexibility index (Phi) is 7.94. The van der Waals surface area contributed by atoms with E-state index < -0.39 is 0 Å². The summed E-state index contributed by atoms with van der Waals surface area (Å²) < 4.78 is 0. The van der Waals surface area contributed by atoms with Crippen LogP contribution in [0.15, 0.2) is 108 Å². The first kappa shape index (κ1) is 20.4. The summed E-state index contributed by atoms with van der Waals surface area (Å²) in [7, 11) is 0. The maximum Gasteiger partial charge on any atom is 0.0965 e. The van der Waals surface area contributed by atoms with E-state index in [9.17, 15) is 0 Å². The van der Waals surface area contributed by atoms with Crippen molar-refractivity contribution >= 4 is 23.5 Å². The summed E-state index contributed by atoms with van der Waals surface area (Å²) in [4.78, 5) is 8.82. The second kappa shape index (κ2) is 10.9. The number of pyridine rings is 2. The Morgan fingerprint density at radius 3 is 1.61 bits per heavy atom. The maximum absolute atomic E-state index is 4.41. The van der Waals surface area contributed by atoms with Crippen LogP contribution >= 0.6 is 23.5 Å². The van der Waals surface area contributed by atoms with Gasteiger partial charge in [-0.05, 0) is 48.2 Å².